The van der Waals surface area contributed by atoms with E-state index in [9.17, 15) is 4.79 Å². The fourth-order valence-electron chi connectivity index (χ4n) is 3.69. The van der Waals surface area contributed by atoms with Crippen LogP contribution in [0.15, 0.2) is 60.7 Å². The largest absolute Gasteiger partial charge is 0.493 e. The van der Waals surface area contributed by atoms with Crippen LogP contribution in [-0.4, -0.2) is 36.8 Å². The van der Waals surface area contributed by atoms with Crippen LogP contribution < -0.4 is 24.3 Å². The van der Waals surface area contributed by atoms with Crippen LogP contribution in [0.2, 0.25) is 5.28 Å². The Labute approximate surface area is 206 Å². The Morgan fingerprint density at radius 3 is 2.63 bits per heavy atom. The molecule has 35 heavy (non-hydrogen) atoms. The molecule has 0 fully saturated rings. The number of carbonyl (C=O) groups is 1. The van der Waals surface area contributed by atoms with E-state index in [1.54, 1.807) is 50.6 Å². The van der Waals surface area contributed by atoms with Crippen molar-refractivity contribution < 1.29 is 23.7 Å². The summed E-state index contributed by atoms with van der Waals surface area (Å²) in [4.78, 5) is 21.4. The van der Waals surface area contributed by atoms with Crippen molar-refractivity contribution in [2.45, 2.75) is 0 Å². The Balaban J connectivity index is 1.40. The normalized spacial score (nSPS) is 12.2. The van der Waals surface area contributed by atoms with Crippen molar-refractivity contribution in [3.8, 4) is 23.0 Å². The van der Waals surface area contributed by atoms with E-state index in [4.69, 9.17) is 30.5 Å². The maximum absolute atomic E-state index is 12.8. The molecule has 176 valence electrons. The van der Waals surface area contributed by atoms with Crippen LogP contribution in [0.5, 0.6) is 23.0 Å². The first kappa shape index (κ1) is 22.5. The number of rotatable bonds is 7. The Bertz CT molecular complexity index is 1470. The highest BCUT2D eigenvalue weighted by Gasteiger charge is 2.14. The Morgan fingerprint density at radius 2 is 1.80 bits per heavy atom. The van der Waals surface area contributed by atoms with Crippen LogP contribution in [0, 0.1) is 0 Å². The summed E-state index contributed by atoms with van der Waals surface area (Å²) in [7, 11) is 3.11. The number of methoxy groups -OCH3 is 2. The van der Waals surface area contributed by atoms with Gasteiger partial charge in [0.2, 0.25) is 12.1 Å². The second kappa shape index (κ2) is 9.52. The summed E-state index contributed by atoms with van der Waals surface area (Å²) in [6.45, 7) is 0.203. The number of carbonyl (C=O) groups excluding carboxylic acids is 1. The second-order valence-electron chi connectivity index (χ2n) is 7.58. The molecular formula is C26H20ClN3O5. The molecule has 1 aromatic heterocycles. The number of hydrogen-bond acceptors (Lipinski definition) is 8. The van der Waals surface area contributed by atoms with Crippen molar-refractivity contribution in [2.24, 2.45) is 0 Å². The number of nitrogens with zero attached hydrogens (tertiary/aromatic N) is 2. The zero-order valence-electron chi connectivity index (χ0n) is 18.9. The van der Waals surface area contributed by atoms with Crippen LogP contribution in [0.4, 0.5) is 11.5 Å². The fraction of sp³-hybridized carbons (Fsp3) is 0.115. The fourth-order valence-corrected chi connectivity index (χ4v) is 3.87. The van der Waals surface area contributed by atoms with Crippen molar-refractivity contribution >= 4 is 45.9 Å². The molecule has 1 N–H and O–H groups in total. The van der Waals surface area contributed by atoms with Crippen LogP contribution >= 0.6 is 11.6 Å². The smallest absolute Gasteiger partial charge is 0.231 e. The maximum Gasteiger partial charge on any atom is 0.231 e. The SMILES string of the molecule is COc1cc2nc(Cl)nc(Nc3cccc(C(=O)/C=C/c4ccc5c(c4)OCO5)c3)c2cc1OC. The number of nitrogens with one attached hydrogen (secondary N) is 1. The minimum absolute atomic E-state index is 0.0751. The number of ether oxygens (including phenoxy) is 4. The van der Waals surface area contributed by atoms with Gasteiger partial charge in [0, 0.05) is 22.7 Å². The average Bonchev–Trinajstić information content (AvgIpc) is 3.34. The summed E-state index contributed by atoms with van der Waals surface area (Å²) in [6, 6.07) is 16.1. The van der Waals surface area contributed by atoms with Gasteiger partial charge in [-0.25, -0.2) is 4.98 Å². The van der Waals surface area contributed by atoms with E-state index < -0.39 is 0 Å². The molecule has 0 radical (unpaired) electrons. The van der Waals surface area contributed by atoms with Crippen LogP contribution in [0.1, 0.15) is 15.9 Å². The van der Waals surface area contributed by atoms with E-state index in [1.807, 2.05) is 24.3 Å². The zero-order chi connectivity index (χ0) is 24.4. The summed E-state index contributed by atoms with van der Waals surface area (Å²) < 4.78 is 21.5. The molecule has 0 spiro atoms. The highest BCUT2D eigenvalue weighted by Crippen LogP contribution is 2.36. The lowest BCUT2D eigenvalue weighted by Gasteiger charge is -2.13. The topological polar surface area (TPSA) is 91.8 Å². The van der Waals surface area contributed by atoms with Crippen molar-refractivity contribution in [3.05, 3.63) is 77.1 Å². The van der Waals surface area contributed by atoms with Crippen LogP contribution in [-0.2, 0) is 0 Å². The lowest BCUT2D eigenvalue weighted by atomic mass is 10.1. The first-order valence-electron chi connectivity index (χ1n) is 10.6. The molecule has 0 unspecified atom stereocenters. The molecule has 9 heteroatoms. The molecule has 2 heterocycles. The van der Waals surface area contributed by atoms with Gasteiger partial charge in [0.25, 0.3) is 0 Å². The molecule has 0 saturated carbocycles. The van der Waals surface area contributed by atoms with E-state index in [1.165, 1.54) is 6.08 Å². The van der Waals surface area contributed by atoms with Crippen LogP contribution in [0.25, 0.3) is 17.0 Å². The van der Waals surface area contributed by atoms with Gasteiger partial charge in [0.1, 0.15) is 5.82 Å². The van der Waals surface area contributed by atoms with Crippen molar-refractivity contribution in [1.29, 1.82) is 0 Å². The quantitative estimate of drug-likeness (QED) is 0.202. The van der Waals surface area contributed by atoms with Crippen molar-refractivity contribution in [1.82, 2.24) is 9.97 Å². The molecular weight excluding hydrogens is 470 g/mol. The number of ketones is 1. The molecule has 5 rings (SSSR count). The van der Waals surface area contributed by atoms with Gasteiger partial charge < -0.3 is 24.3 Å². The van der Waals surface area contributed by atoms with Crippen molar-refractivity contribution in [2.75, 3.05) is 26.3 Å². The van der Waals surface area contributed by atoms with Gasteiger partial charge in [0.05, 0.1) is 19.7 Å². The van der Waals surface area contributed by atoms with E-state index in [0.29, 0.717) is 51.0 Å². The molecule has 8 nitrogen and oxygen atoms in total. The molecule has 0 amide bonds. The first-order chi connectivity index (χ1) is 17.0. The summed E-state index contributed by atoms with van der Waals surface area (Å²) in [6.07, 6.45) is 3.26. The molecule has 0 aliphatic carbocycles. The highest BCUT2D eigenvalue weighted by atomic mass is 35.5. The zero-order valence-corrected chi connectivity index (χ0v) is 19.6. The van der Waals surface area contributed by atoms with Crippen LogP contribution in [0.3, 0.4) is 0 Å². The minimum Gasteiger partial charge on any atom is -0.493 e. The number of fused-ring (bicyclic) bond motifs is 2. The third kappa shape index (κ3) is 4.69. The Morgan fingerprint density at radius 1 is 1.00 bits per heavy atom. The van der Waals surface area contributed by atoms with E-state index in [0.717, 1.165) is 5.56 Å². The van der Waals surface area contributed by atoms with Crippen molar-refractivity contribution in [3.63, 3.8) is 0 Å². The molecule has 1 aliphatic rings. The second-order valence-corrected chi connectivity index (χ2v) is 7.92. The summed E-state index contributed by atoms with van der Waals surface area (Å²) in [5, 5.41) is 4.00. The lowest BCUT2D eigenvalue weighted by Crippen LogP contribution is -2.00. The summed E-state index contributed by atoms with van der Waals surface area (Å²) >= 11 is 6.16. The molecule has 0 bridgehead atoms. The van der Waals surface area contributed by atoms with E-state index in [2.05, 4.69) is 15.3 Å². The highest BCUT2D eigenvalue weighted by molar-refractivity contribution is 6.29. The summed E-state index contributed by atoms with van der Waals surface area (Å²) in [5.41, 5.74) is 2.60. The average molecular weight is 490 g/mol. The predicted octanol–water partition coefficient (Wildman–Crippen LogP) is 5.67. The molecule has 0 atom stereocenters. The number of allylic oxidation sites excluding steroid dienone is 1. The molecule has 1 aliphatic heterocycles. The molecule has 0 saturated heterocycles. The first-order valence-corrected chi connectivity index (χ1v) is 11.0. The number of anilines is 2. The lowest BCUT2D eigenvalue weighted by molar-refractivity contribution is 0.104. The summed E-state index contributed by atoms with van der Waals surface area (Å²) in [5.74, 6) is 2.75. The van der Waals surface area contributed by atoms with E-state index >= 15 is 0 Å². The number of aromatic nitrogens is 2. The monoisotopic (exact) mass is 489 g/mol. The number of benzene rings is 3. The minimum atomic E-state index is -0.150. The standard InChI is InChI=1S/C26H20ClN3O5/c1-32-22-12-18-19(13-23(22)33-2)29-26(27)30-25(18)28-17-5-3-4-16(11-17)20(31)8-6-15-7-9-21-24(10-15)35-14-34-21/h3-13H,14H2,1-2H3,(H,28,29,30)/b8-6+. The number of halogens is 1. The van der Waals surface area contributed by atoms with Gasteiger partial charge in [-0.05, 0) is 53.6 Å². The molecule has 4 aromatic rings. The third-order valence-electron chi connectivity index (χ3n) is 5.41. The van der Waals surface area contributed by atoms with Gasteiger partial charge in [-0.3, -0.25) is 4.79 Å². The van der Waals surface area contributed by atoms with E-state index in [-0.39, 0.29) is 17.9 Å². The molecule has 3 aromatic carbocycles. The van der Waals surface area contributed by atoms with Gasteiger partial charge >= 0.3 is 0 Å². The Hall–Kier alpha value is -4.30. The van der Waals surface area contributed by atoms with Gasteiger partial charge in [-0.1, -0.05) is 24.3 Å². The predicted molar refractivity (Wildman–Crippen MR) is 133 cm³/mol. The van der Waals surface area contributed by atoms with Gasteiger partial charge in [0.15, 0.2) is 28.8 Å². The van der Waals surface area contributed by atoms with Gasteiger partial charge in [-0.15, -0.1) is 0 Å². The maximum atomic E-state index is 12.8. The third-order valence-corrected chi connectivity index (χ3v) is 5.58. The van der Waals surface area contributed by atoms with Gasteiger partial charge in [-0.2, -0.15) is 4.98 Å². The Kier molecular flexibility index (Phi) is 6.12. The number of hydrogen-bond donors (Lipinski definition) is 1.